The van der Waals surface area contributed by atoms with E-state index in [1.54, 1.807) is 0 Å². The Morgan fingerprint density at radius 2 is 1.77 bits per heavy atom. The molecule has 1 N–H and O–H groups in total. The third-order valence-electron chi connectivity index (χ3n) is 6.64. The monoisotopic (exact) mass is 409 g/mol. The number of benzene rings is 2. The molecule has 0 unspecified atom stereocenters. The van der Waals surface area contributed by atoms with E-state index in [-0.39, 0.29) is 12.2 Å². The van der Waals surface area contributed by atoms with Crippen LogP contribution >= 0.6 is 0 Å². The lowest BCUT2D eigenvalue weighted by Crippen LogP contribution is -2.42. The molecule has 1 heterocycles. The van der Waals surface area contributed by atoms with Crippen LogP contribution in [0.2, 0.25) is 0 Å². The molecule has 4 nitrogen and oxygen atoms in total. The number of aliphatic hydroxyl groups is 1. The highest BCUT2D eigenvalue weighted by Gasteiger charge is 2.42. The fraction of sp³-hybridized carbons (Fsp3) is 0.538. The van der Waals surface area contributed by atoms with Crippen LogP contribution in [-0.2, 0) is 11.3 Å². The van der Waals surface area contributed by atoms with Crippen molar-refractivity contribution in [2.45, 2.75) is 51.4 Å². The number of hydrogen-bond acceptors (Lipinski definition) is 4. The maximum atomic E-state index is 10.7. The number of hydrogen-bond donors (Lipinski definition) is 1. The number of ether oxygens (including phenoxy) is 2. The molecule has 4 heteroatoms. The summed E-state index contributed by atoms with van der Waals surface area (Å²) in [4.78, 5) is 2.49. The van der Waals surface area contributed by atoms with Gasteiger partial charge in [-0.05, 0) is 53.9 Å². The molecule has 2 fully saturated rings. The van der Waals surface area contributed by atoms with Crippen molar-refractivity contribution in [3.63, 3.8) is 0 Å². The molecule has 2 aliphatic rings. The molecule has 2 aromatic rings. The Kier molecular flexibility index (Phi) is 7.08. The number of nitrogens with zero attached hydrogens (tertiary/aromatic N) is 1. The van der Waals surface area contributed by atoms with E-state index >= 15 is 0 Å². The Morgan fingerprint density at radius 3 is 2.53 bits per heavy atom. The first kappa shape index (κ1) is 21.4. The van der Waals surface area contributed by atoms with Crippen LogP contribution in [0.1, 0.15) is 43.7 Å². The molecule has 30 heavy (non-hydrogen) atoms. The average Bonchev–Trinajstić information content (AvgIpc) is 3.14. The van der Waals surface area contributed by atoms with Crippen molar-refractivity contribution in [3.8, 4) is 5.75 Å². The normalized spacial score (nSPS) is 26.7. The minimum Gasteiger partial charge on any atom is -0.488 e. The predicted molar refractivity (Wildman–Crippen MR) is 120 cm³/mol. The molecular weight excluding hydrogens is 374 g/mol. The smallest absolute Gasteiger partial charge is 0.125 e. The first-order valence-corrected chi connectivity index (χ1v) is 11.4. The lowest BCUT2D eigenvalue weighted by molar-refractivity contribution is -0.0231. The molecule has 162 valence electrons. The van der Waals surface area contributed by atoms with Gasteiger partial charge in [-0.2, -0.15) is 0 Å². The van der Waals surface area contributed by atoms with E-state index < -0.39 is 0 Å². The number of likely N-dealkylation sites (tertiary alicyclic amines) is 1. The third kappa shape index (κ3) is 5.42. The van der Waals surface area contributed by atoms with E-state index in [9.17, 15) is 5.11 Å². The molecule has 1 saturated carbocycles. The second-order valence-corrected chi connectivity index (χ2v) is 9.24. The molecule has 0 bridgehead atoms. The summed E-state index contributed by atoms with van der Waals surface area (Å²) in [6, 6.07) is 18.6. The van der Waals surface area contributed by atoms with Crippen molar-refractivity contribution in [3.05, 3.63) is 65.7 Å². The highest BCUT2D eigenvalue weighted by Crippen LogP contribution is 2.38. The number of fused-ring (bicyclic) bond motifs is 1. The van der Waals surface area contributed by atoms with Gasteiger partial charge >= 0.3 is 0 Å². The van der Waals surface area contributed by atoms with Gasteiger partial charge in [0.1, 0.15) is 11.9 Å². The fourth-order valence-electron chi connectivity index (χ4n) is 4.88. The fourth-order valence-corrected chi connectivity index (χ4v) is 4.88. The lowest BCUT2D eigenvalue weighted by Gasteiger charge is -2.35. The maximum Gasteiger partial charge on any atom is 0.125 e. The molecule has 1 aliphatic carbocycles. The first-order valence-electron chi connectivity index (χ1n) is 11.4. The van der Waals surface area contributed by atoms with Gasteiger partial charge in [0.05, 0.1) is 19.3 Å². The van der Waals surface area contributed by atoms with E-state index in [1.807, 2.05) is 24.3 Å². The van der Waals surface area contributed by atoms with Crippen molar-refractivity contribution in [2.24, 2.45) is 11.8 Å². The summed E-state index contributed by atoms with van der Waals surface area (Å²) in [5, 5.41) is 10.7. The molecule has 1 saturated heterocycles. The van der Waals surface area contributed by atoms with Crippen LogP contribution in [0.25, 0.3) is 0 Å². The third-order valence-corrected chi connectivity index (χ3v) is 6.64. The van der Waals surface area contributed by atoms with Crippen LogP contribution in [0, 0.1) is 11.8 Å². The molecule has 0 radical (unpaired) electrons. The molecular formula is C26H35NO3. The van der Waals surface area contributed by atoms with E-state index in [4.69, 9.17) is 9.47 Å². The summed E-state index contributed by atoms with van der Waals surface area (Å²) in [7, 11) is 0. The van der Waals surface area contributed by atoms with Gasteiger partial charge in [-0.15, -0.1) is 0 Å². The Labute approximate surface area is 180 Å². The van der Waals surface area contributed by atoms with Crippen LogP contribution in [0.4, 0.5) is 0 Å². The Bertz CT molecular complexity index is 794. The van der Waals surface area contributed by atoms with E-state index in [2.05, 4.69) is 49.1 Å². The predicted octanol–water partition coefficient (Wildman–Crippen LogP) is 4.48. The van der Waals surface area contributed by atoms with Crippen molar-refractivity contribution >= 4 is 0 Å². The summed E-state index contributed by atoms with van der Waals surface area (Å²) >= 11 is 0. The SMILES string of the molecule is CC(C)c1cccc(O[C@@H]2C[C@@H]3CN(CCOCc4ccccc4)C[C@@H]3C[C@H]2O)c1. The minimum atomic E-state index is -0.386. The zero-order valence-electron chi connectivity index (χ0n) is 18.2. The lowest BCUT2D eigenvalue weighted by atomic mass is 9.78. The summed E-state index contributed by atoms with van der Waals surface area (Å²) in [5.41, 5.74) is 2.50. The largest absolute Gasteiger partial charge is 0.488 e. The highest BCUT2D eigenvalue weighted by atomic mass is 16.5. The summed E-state index contributed by atoms with van der Waals surface area (Å²) < 4.78 is 12.1. The van der Waals surface area contributed by atoms with Gasteiger partial charge in [0, 0.05) is 19.6 Å². The van der Waals surface area contributed by atoms with Crippen molar-refractivity contribution in [1.82, 2.24) is 4.90 Å². The van der Waals surface area contributed by atoms with Crippen LogP contribution in [0.3, 0.4) is 0 Å². The topological polar surface area (TPSA) is 41.9 Å². The molecule has 1 aliphatic heterocycles. The van der Waals surface area contributed by atoms with Crippen molar-refractivity contribution in [2.75, 3.05) is 26.2 Å². The van der Waals surface area contributed by atoms with E-state index in [0.717, 1.165) is 44.8 Å². The van der Waals surface area contributed by atoms with Gasteiger partial charge in [-0.3, -0.25) is 0 Å². The van der Waals surface area contributed by atoms with Gasteiger partial charge in [0.15, 0.2) is 0 Å². The summed E-state index contributed by atoms with van der Waals surface area (Å²) in [5.74, 6) is 2.52. The van der Waals surface area contributed by atoms with Gasteiger partial charge in [-0.25, -0.2) is 0 Å². The zero-order valence-corrected chi connectivity index (χ0v) is 18.2. The molecule has 2 aromatic carbocycles. The molecule has 4 rings (SSSR count). The van der Waals surface area contributed by atoms with E-state index in [0.29, 0.717) is 24.4 Å². The average molecular weight is 410 g/mol. The van der Waals surface area contributed by atoms with E-state index in [1.165, 1.54) is 11.1 Å². The summed E-state index contributed by atoms with van der Waals surface area (Å²) in [6.07, 6.45) is 1.27. The Hall–Kier alpha value is -1.88. The first-order chi connectivity index (χ1) is 14.6. The zero-order chi connectivity index (χ0) is 20.9. The second kappa shape index (κ2) is 9.95. The quantitative estimate of drug-likeness (QED) is 0.653. The van der Waals surface area contributed by atoms with Crippen molar-refractivity contribution < 1.29 is 14.6 Å². The Morgan fingerprint density at radius 1 is 1.00 bits per heavy atom. The molecule has 0 aromatic heterocycles. The van der Waals surface area contributed by atoms with Crippen LogP contribution in [0.5, 0.6) is 5.75 Å². The number of rotatable bonds is 8. The van der Waals surface area contributed by atoms with Gasteiger partial charge in [0.2, 0.25) is 0 Å². The highest BCUT2D eigenvalue weighted by molar-refractivity contribution is 5.30. The van der Waals surface area contributed by atoms with Crippen LogP contribution < -0.4 is 4.74 Å². The van der Waals surface area contributed by atoms with Gasteiger partial charge in [0.25, 0.3) is 0 Å². The number of aliphatic hydroxyl groups excluding tert-OH is 1. The maximum absolute atomic E-state index is 10.7. The molecule has 4 atom stereocenters. The standard InChI is InChI=1S/C26H35NO3/c1-19(2)21-9-6-10-24(13-21)30-26-15-23-17-27(16-22(23)14-25(26)28)11-12-29-18-20-7-4-3-5-8-20/h3-10,13,19,22-23,25-26,28H,11-12,14-18H2,1-2H3/t22-,23+,25+,26+/m0/s1. The van der Waals surface area contributed by atoms with Crippen molar-refractivity contribution in [1.29, 1.82) is 0 Å². The minimum absolute atomic E-state index is 0.108. The van der Waals surface area contributed by atoms with Gasteiger partial charge in [-0.1, -0.05) is 56.3 Å². The molecule has 0 amide bonds. The summed E-state index contributed by atoms with van der Waals surface area (Å²) in [6.45, 7) is 8.90. The van der Waals surface area contributed by atoms with Crippen LogP contribution in [0.15, 0.2) is 54.6 Å². The Balaban J connectivity index is 1.25. The van der Waals surface area contributed by atoms with Crippen LogP contribution in [-0.4, -0.2) is 48.5 Å². The van der Waals surface area contributed by atoms with Gasteiger partial charge < -0.3 is 19.5 Å². The molecule has 0 spiro atoms. The second-order valence-electron chi connectivity index (χ2n) is 9.24.